The third-order valence-corrected chi connectivity index (χ3v) is 2.57. The molecule has 16 heavy (non-hydrogen) atoms. The van der Waals surface area contributed by atoms with Crippen LogP contribution in [-0.4, -0.2) is 23.5 Å². The monoisotopic (exact) mass is 221 g/mol. The lowest BCUT2D eigenvalue weighted by Gasteiger charge is -2.09. The summed E-state index contributed by atoms with van der Waals surface area (Å²) in [6, 6.07) is 7.38. The fourth-order valence-corrected chi connectivity index (χ4v) is 1.41. The Morgan fingerprint density at radius 3 is 2.50 bits per heavy atom. The second-order valence-corrected chi connectivity index (χ2v) is 3.91. The van der Waals surface area contributed by atoms with E-state index in [9.17, 15) is 9.90 Å². The zero-order chi connectivity index (χ0) is 12.0. The minimum Gasteiger partial charge on any atom is -0.393 e. The average molecular weight is 221 g/mol. The normalized spacial score (nSPS) is 12.2. The largest absolute Gasteiger partial charge is 0.393 e. The third-order valence-electron chi connectivity index (χ3n) is 2.57. The van der Waals surface area contributed by atoms with Gasteiger partial charge in [0.1, 0.15) is 0 Å². The predicted molar refractivity (Wildman–Crippen MR) is 65.9 cm³/mol. The first-order valence-electron chi connectivity index (χ1n) is 5.66. The van der Waals surface area contributed by atoms with E-state index in [1.807, 2.05) is 19.1 Å². The Labute approximate surface area is 96.5 Å². The first-order valence-corrected chi connectivity index (χ1v) is 5.66. The molecule has 0 radical (unpaired) electrons. The Morgan fingerprint density at radius 2 is 2.00 bits per heavy atom. The first kappa shape index (κ1) is 12.7. The van der Waals surface area contributed by atoms with Gasteiger partial charge >= 0.3 is 0 Å². The molecular formula is C13H19NO2. The quantitative estimate of drug-likeness (QED) is 0.725. The lowest BCUT2D eigenvalue weighted by atomic mass is 10.1. The van der Waals surface area contributed by atoms with Crippen LogP contribution in [0.3, 0.4) is 0 Å². The van der Waals surface area contributed by atoms with E-state index in [1.54, 1.807) is 19.1 Å². The molecule has 0 aliphatic heterocycles. The summed E-state index contributed by atoms with van der Waals surface area (Å²) in [6.07, 6.45) is 1.29. The van der Waals surface area contributed by atoms with Crippen molar-refractivity contribution in [3.05, 3.63) is 29.8 Å². The molecule has 0 aliphatic rings. The number of hydrogen-bond donors (Lipinski definition) is 2. The molecule has 0 bridgehead atoms. The number of aliphatic hydroxyl groups is 1. The Morgan fingerprint density at radius 1 is 1.38 bits per heavy atom. The molecular weight excluding hydrogens is 202 g/mol. The van der Waals surface area contributed by atoms with E-state index in [0.717, 1.165) is 30.6 Å². The summed E-state index contributed by atoms with van der Waals surface area (Å²) in [4.78, 5) is 11.0. The zero-order valence-corrected chi connectivity index (χ0v) is 9.86. The van der Waals surface area contributed by atoms with Crippen molar-refractivity contribution in [2.24, 2.45) is 0 Å². The standard InChI is InChI=1S/C13H19NO2/c1-3-13(16)8-9-14-12-6-4-11(5-7-12)10(2)15/h4-7,13-14,16H,3,8-9H2,1-2H3. The smallest absolute Gasteiger partial charge is 0.159 e. The maximum Gasteiger partial charge on any atom is 0.159 e. The highest BCUT2D eigenvalue weighted by atomic mass is 16.3. The Balaban J connectivity index is 2.40. The average Bonchev–Trinajstić information content (AvgIpc) is 2.29. The van der Waals surface area contributed by atoms with E-state index >= 15 is 0 Å². The van der Waals surface area contributed by atoms with Crippen molar-refractivity contribution in [3.63, 3.8) is 0 Å². The van der Waals surface area contributed by atoms with Gasteiger partial charge in [-0.25, -0.2) is 0 Å². The van der Waals surface area contributed by atoms with Crippen LogP contribution in [0.15, 0.2) is 24.3 Å². The van der Waals surface area contributed by atoms with Gasteiger partial charge in [0, 0.05) is 17.8 Å². The number of carbonyl (C=O) groups excluding carboxylic acids is 1. The molecule has 0 spiro atoms. The van der Waals surface area contributed by atoms with Crippen LogP contribution in [0.1, 0.15) is 37.0 Å². The summed E-state index contributed by atoms with van der Waals surface area (Å²) in [5.41, 5.74) is 1.70. The van der Waals surface area contributed by atoms with Gasteiger partial charge in [0.15, 0.2) is 5.78 Å². The molecule has 1 aromatic carbocycles. The molecule has 0 amide bonds. The Bertz CT molecular complexity index is 332. The summed E-state index contributed by atoms with van der Waals surface area (Å²) in [5, 5.41) is 12.6. The van der Waals surface area contributed by atoms with E-state index in [1.165, 1.54) is 0 Å². The predicted octanol–water partition coefficient (Wildman–Crippen LogP) is 2.46. The molecule has 3 heteroatoms. The molecule has 88 valence electrons. The van der Waals surface area contributed by atoms with Gasteiger partial charge in [-0.1, -0.05) is 6.92 Å². The van der Waals surface area contributed by atoms with Gasteiger partial charge in [0.05, 0.1) is 6.10 Å². The number of aliphatic hydroxyl groups excluding tert-OH is 1. The van der Waals surface area contributed by atoms with E-state index in [-0.39, 0.29) is 11.9 Å². The summed E-state index contributed by atoms with van der Waals surface area (Å²) in [7, 11) is 0. The van der Waals surface area contributed by atoms with Crippen molar-refractivity contribution in [3.8, 4) is 0 Å². The van der Waals surface area contributed by atoms with E-state index in [2.05, 4.69) is 5.32 Å². The summed E-state index contributed by atoms with van der Waals surface area (Å²) in [5.74, 6) is 0.0768. The van der Waals surface area contributed by atoms with Gasteiger partial charge in [0.25, 0.3) is 0 Å². The number of anilines is 1. The van der Waals surface area contributed by atoms with Crippen LogP contribution in [0.2, 0.25) is 0 Å². The minimum atomic E-state index is -0.232. The molecule has 1 atom stereocenters. The molecule has 0 aromatic heterocycles. The van der Waals surface area contributed by atoms with Crippen molar-refractivity contribution in [2.45, 2.75) is 32.8 Å². The highest BCUT2D eigenvalue weighted by molar-refractivity contribution is 5.94. The summed E-state index contributed by atoms with van der Waals surface area (Å²) >= 11 is 0. The summed E-state index contributed by atoms with van der Waals surface area (Å²) < 4.78 is 0. The highest BCUT2D eigenvalue weighted by Crippen LogP contribution is 2.10. The SMILES string of the molecule is CCC(O)CCNc1ccc(C(C)=O)cc1. The van der Waals surface area contributed by atoms with Crippen molar-refractivity contribution < 1.29 is 9.90 Å². The molecule has 0 heterocycles. The van der Waals surface area contributed by atoms with Gasteiger partial charge in [-0.2, -0.15) is 0 Å². The zero-order valence-electron chi connectivity index (χ0n) is 9.86. The first-order chi connectivity index (χ1) is 7.63. The van der Waals surface area contributed by atoms with Crippen molar-refractivity contribution in [1.82, 2.24) is 0 Å². The van der Waals surface area contributed by atoms with Crippen LogP contribution in [-0.2, 0) is 0 Å². The number of hydrogen-bond acceptors (Lipinski definition) is 3. The van der Waals surface area contributed by atoms with Crippen molar-refractivity contribution in [1.29, 1.82) is 0 Å². The van der Waals surface area contributed by atoms with E-state index in [0.29, 0.717) is 0 Å². The molecule has 0 saturated heterocycles. The molecule has 3 nitrogen and oxygen atoms in total. The highest BCUT2D eigenvalue weighted by Gasteiger charge is 2.01. The number of nitrogens with one attached hydrogen (secondary N) is 1. The van der Waals surface area contributed by atoms with E-state index in [4.69, 9.17) is 0 Å². The Hall–Kier alpha value is -1.35. The number of ketones is 1. The molecule has 0 saturated carbocycles. The van der Waals surface area contributed by atoms with Gasteiger partial charge in [0.2, 0.25) is 0 Å². The van der Waals surface area contributed by atoms with Crippen LogP contribution in [0, 0.1) is 0 Å². The number of rotatable bonds is 6. The van der Waals surface area contributed by atoms with Crippen LogP contribution < -0.4 is 5.32 Å². The molecule has 0 fully saturated rings. The van der Waals surface area contributed by atoms with Gasteiger partial charge in [-0.15, -0.1) is 0 Å². The second kappa shape index (κ2) is 6.28. The molecule has 1 unspecified atom stereocenters. The van der Waals surface area contributed by atoms with Crippen LogP contribution >= 0.6 is 0 Å². The number of benzene rings is 1. The maximum absolute atomic E-state index is 11.0. The molecule has 2 N–H and O–H groups in total. The van der Waals surface area contributed by atoms with Crippen molar-refractivity contribution >= 4 is 11.5 Å². The van der Waals surface area contributed by atoms with Crippen LogP contribution in [0.4, 0.5) is 5.69 Å². The second-order valence-electron chi connectivity index (χ2n) is 3.91. The molecule has 1 rings (SSSR count). The fraction of sp³-hybridized carbons (Fsp3) is 0.462. The van der Waals surface area contributed by atoms with Crippen molar-refractivity contribution in [2.75, 3.05) is 11.9 Å². The Kier molecular flexibility index (Phi) is 4.99. The third kappa shape index (κ3) is 4.03. The molecule has 1 aromatic rings. The van der Waals surface area contributed by atoms with Crippen LogP contribution in [0.5, 0.6) is 0 Å². The van der Waals surface area contributed by atoms with Gasteiger partial charge in [-0.3, -0.25) is 4.79 Å². The number of Topliss-reactive ketones (excluding diaryl/α,β-unsaturated/α-hetero) is 1. The number of carbonyl (C=O) groups is 1. The van der Waals surface area contributed by atoms with Gasteiger partial charge in [-0.05, 0) is 44.0 Å². The minimum absolute atomic E-state index is 0.0768. The summed E-state index contributed by atoms with van der Waals surface area (Å²) in [6.45, 7) is 4.26. The van der Waals surface area contributed by atoms with Crippen LogP contribution in [0.25, 0.3) is 0 Å². The van der Waals surface area contributed by atoms with Gasteiger partial charge < -0.3 is 10.4 Å². The van der Waals surface area contributed by atoms with E-state index < -0.39 is 0 Å². The molecule has 0 aliphatic carbocycles. The maximum atomic E-state index is 11.0. The lowest BCUT2D eigenvalue weighted by molar-refractivity contribution is 0.101. The fourth-order valence-electron chi connectivity index (χ4n) is 1.41. The topological polar surface area (TPSA) is 49.3 Å². The lowest BCUT2D eigenvalue weighted by Crippen LogP contribution is -2.12.